The minimum atomic E-state index is -0.653. The number of anilines is 2. The summed E-state index contributed by atoms with van der Waals surface area (Å²) in [6.45, 7) is 3.83. The molecule has 0 aliphatic rings. The Kier molecular flexibility index (Phi) is 5.87. The Bertz CT molecular complexity index is 429. The summed E-state index contributed by atoms with van der Waals surface area (Å²) in [6, 6.07) is 2.85. The van der Waals surface area contributed by atoms with E-state index in [0.29, 0.717) is 5.02 Å². The van der Waals surface area contributed by atoms with Crippen molar-refractivity contribution in [1.82, 2.24) is 4.98 Å². The third kappa shape index (κ3) is 5.43. The van der Waals surface area contributed by atoms with Gasteiger partial charge >= 0.3 is 12.2 Å². The van der Waals surface area contributed by atoms with Gasteiger partial charge in [-0.25, -0.2) is 14.6 Å². The molecule has 0 aliphatic carbocycles. The first-order valence-corrected chi connectivity index (χ1v) is 5.98. The summed E-state index contributed by atoms with van der Waals surface area (Å²) in [7, 11) is 0. The van der Waals surface area contributed by atoms with Gasteiger partial charge in [-0.3, -0.25) is 10.6 Å². The van der Waals surface area contributed by atoms with Crippen LogP contribution in [0.3, 0.4) is 0 Å². The molecule has 0 aromatic carbocycles. The van der Waals surface area contributed by atoms with Crippen LogP contribution < -0.4 is 10.6 Å². The number of nitrogens with zero attached hydrogens (tertiary/aromatic N) is 1. The minimum Gasteiger partial charge on any atom is -0.450 e. The second kappa shape index (κ2) is 7.42. The van der Waals surface area contributed by atoms with Crippen LogP contribution in [0.25, 0.3) is 0 Å². The number of halogens is 1. The van der Waals surface area contributed by atoms with Gasteiger partial charge in [-0.05, 0) is 26.0 Å². The highest BCUT2D eigenvalue weighted by molar-refractivity contribution is 6.31. The Morgan fingerprint density at radius 3 is 1.89 bits per heavy atom. The summed E-state index contributed by atoms with van der Waals surface area (Å²) in [5, 5.41) is 5.06. The lowest BCUT2D eigenvalue weighted by molar-refractivity contribution is 0.167. The van der Waals surface area contributed by atoms with Crippen LogP contribution in [-0.4, -0.2) is 30.4 Å². The van der Waals surface area contributed by atoms with Crippen LogP contribution in [0.2, 0.25) is 5.02 Å². The molecule has 1 aromatic heterocycles. The van der Waals surface area contributed by atoms with Crippen molar-refractivity contribution in [2.24, 2.45) is 0 Å². The maximum Gasteiger partial charge on any atom is 0.412 e. The molecular formula is C11H14ClN3O4. The normalized spacial score (nSPS) is 9.63. The molecule has 1 rings (SSSR count). The summed E-state index contributed by atoms with van der Waals surface area (Å²) in [5.41, 5.74) is 0. The average molecular weight is 288 g/mol. The van der Waals surface area contributed by atoms with Gasteiger partial charge in [0.05, 0.1) is 13.2 Å². The van der Waals surface area contributed by atoms with Crippen LogP contribution in [-0.2, 0) is 9.47 Å². The average Bonchev–Trinajstić information content (AvgIpc) is 2.28. The standard InChI is InChI=1S/C11H14ClN3O4/c1-3-18-10(16)14-8-5-7(12)6-9(13-8)15-11(17)19-4-2/h5-6H,3-4H2,1-2H3,(H2,13,14,15,16,17). The molecule has 0 unspecified atom stereocenters. The molecule has 0 atom stereocenters. The van der Waals surface area contributed by atoms with E-state index in [2.05, 4.69) is 15.6 Å². The van der Waals surface area contributed by atoms with E-state index in [1.807, 2.05) is 0 Å². The molecule has 1 heterocycles. The first kappa shape index (κ1) is 15.0. The zero-order chi connectivity index (χ0) is 14.3. The van der Waals surface area contributed by atoms with E-state index >= 15 is 0 Å². The summed E-state index contributed by atoms with van der Waals surface area (Å²) >= 11 is 5.85. The van der Waals surface area contributed by atoms with Crippen molar-refractivity contribution in [3.05, 3.63) is 17.2 Å². The summed E-state index contributed by atoms with van der Waals surface area (Å²) < 4.78 is 9.40. The van der Waals surface area contributed by atoms with Crippen molar-refractivity contribution in [3.63, 3.8) is 0 Å². The molecular weight excluding hydrogens is 274 g/mol. The van der Waals surface area contributed by atoms with Gasteiger partial charge in [0, 0.05) is 5.02 Å². The highest BCUT2D eigenvalue weighted by Crippen LogP contribution is 2.18. The van der Waals surface area contributed by atoms with E-state index in [4.69, 9.17) is 21.1 Å². The van der Waals surface area contributed by atoms with E-state index in [9.17, 15) is 9.59 Å². The number of ether oxygens (including phenoxy) is 2. The van der Waals surface area contributed by atoms with Crippen LogP contribution in [0.15, 0.2) is 12.1 Å². The monoisotopic (exact) mass is 287 g/mol. The van der Waals surface area contributed by atoms with Gasteiger partial charge in [0.15, 0.2) is 0 Å². The summed E-state index contributed by atoms with van der Waals surface area (Å²) in [5.74, 6) is 0.329. The third-order valence-corrected chi connectivity index (χ3v) is 2.02. The lowest BCUT2D eigenvalue weighted by Gasteiger charge is -2.08. The van der Waals surface area contributed by atoms with Gasteiger partial charge < -0.3 is 9.47 Å². The molecule has 8 heteroatoms. The maximum atomic E-state index is 11.2. The van der Waals surface area contributed by atoms with E-state index in [-0.39, 0.29) is 24.8 Å². The Hall–Kier alpha value is -2.02. The molecule has 7 nitrogen and oxygen atoms in total. The van der Waals surface area contributed by atoms with Gasteiger partial charge in [0.1, 0.15) is 11.6 Å². The van der Waals surface area contributed by atoms with E-state index in [1.54, 1.807) is 13.8 Å². The van der Waals surface area contributed by atoms with Crippen molar-refractivity contribution in [2.75, 3.05) is 23.8 Å². The van der Waals surface area contributed by atoms with Gasteiger partial charge in [-0.1, -0.05) is 11.6 Å². The number of carbonyl (C=O) groups is 2. The van der Waals surface area contributed by atoms with E-state index in [0.717, 1.165) is 0 Å². The molecule has 0 fully saturated rings. The fourth-order valence-electron chi connectivity index (χ4n) is 1.17. The molecule has 0 bridgehead atoms. The van der Waals surface area contributed by atoms with Gasteiger partial charge in [0.2, 0.25) is 0 Å². The van der Waals surface area contributed by atoms with Crippen molar-refractivity contribution < 1.29 is 19.1 Å². The number of aromatic nitrogens is 1. The van der Waals surface area contributed by atoms with Crippen molar-refractivity contribution in [3.8, 4) is 0 Å². The van der Waals surface area contributed by atoms with Crippen LogP contribution >= 0.6 is 11.6 Å². The quantitative estimate of drug-likeness (QED) is 0.889. The number of rotatable bonds is 4. The first-order valence-electron chi connectivity index (χ1n) is 5.60. The fourth-order valence-corrected chi connectivity index (χ4v) is 1.38. The van der Waals surface area contributed by atoms with Gasteiger partial charge in [-0.2, -0.15) is 0 Å². The number of pyridine rings is 1. The van der Waals surface area contributed by atoms with Gasteiger partial charge in [-0.15, -0.1) is 0 Å². The zero-order valence-electron chi connectivity index (χ0n) is 10.5. The van der Waals surface area contributed by atoms with Crippen molar-refractivity contribution in [1.29, 1.82) is 0 Å². The summed E-state index contributed by atoms with van der Waals surface area (Å²) in [6.07, 6.45) is -1.31. The lowest BCUT2D eigenvalue weighted by Crippen LogP contribution is -2.17. The highest BCUT2D eigenvalue weighted by Gasteiger charge is 2.09. The zero-order valence-corrected chi connectivity index (χ0v) is 11.3. The predicted molar refractivity (Wildman–Crippen MR) is 70.5 cm³/mol. The smallest absolute Gasteiger partial charge is 0.412 e. The molecule has 1 aromatic rings. The maximum absolute atomic E-state index is 11.2. The number of amides is 2. The molecule has 2 N–H and O–H groups in total. The Labute approximate surface area is 115 Å². The molecule has 0 radical (unpaired) electrons. The SMILES string of the molecule is CCOC(=O)Nc1cc(Cl)cc(NC(=O)OCC)n1. The number of hydrogen-bond donors (Lipinski definition) is 2. The number of nitrogens with one attached hydrogen (secondary N) is 2. The first-order chi connectivity index (χ1) is 9.05. The fraction of sp³-hybridized carbons (Fsp3) is 0.364. The highest BCUT2D eigenvalue weighted by atomic mass is 35.5. The minimum absolute atomic E-state index is 0.165. The molecule has 0 aliphatic heterocycles. The third-order valence-electron chi connectivity index (χ3n) is 1.80. The molecule has 0 saturated heterocycles. The van der Waals surface area contributed by atoms with Crippen LogP contribution in [0.1, 0.15) is 13.8 Å². The number of carbonyl (C=O) groups excluding carboxylic acids is 2. The molecule has 2 amide bonds. The van der Waals surface area contributed by atoms with E-state index < -0.39 is 12.2 Å². The second-order valence-corrected chi connectivity index (χ2v) is 3.68. The van der Waals surface area contributed by atoms with Crippen molar-refractivity contribution in [2.45, 2.75) is 13.8 Å². The van der Waals surface area contributed by atoms with Crippen LogP contribution in [0.5, 0.6) is 0 Å². The molecule has 104 valence electrons. The van der Waals surface area contributed by atoms with Crippen LogP contribution in [0, 0.1) is 0 Å². The summed E-state index contributed by atoms with van der Waals surface area (Å²) in [4.78, 5) is 26.4. The largest absolute Gasteiger partial charge is 0.450 e. The Morgan fingerprint density at radius 2 is 1.53 bits per heavy atom. The molecule has 19 heavy (non-hydrogen) atoms. The second-order valence-electron chi connectivity index (χ2n) is 3.25. The Morgan fingerprint density at radius 1 is 1.11 bits per heavy atom. The lowest BCUT2D eigenvalue weighted by atomic mass is 10.4. The van der Waals surface area contributed by atoms with Gasteiger partial charge in [0.25, 0.3) is 0 Å². The number of hydrogen-bond acceptors (Lipinski definition) is 5. The predicted octanol–water partition coefficient (Wildman–Crippen LogP) is 2.87. The van der Waals surface area contributed by atoms with E-state index in [1.165, 1.54) is 12.1 Å². The molecule has 0 spiro atoms. The van der Waals surface area contributed by atoms with Crippen molar-refractivity contribution >= 4 is 35.4 Å². The topological polar surface area (TPSA) is 89.6 Å². The molecule has 0 saturated carbocycles. The Balaban J connectivity index is 2.76. The van der Waals surface area contributed by atoms with Crippen LogP contribution in [0.4, 0.5) is 21.2 Å².